The number of ether oxygens (including phenoxy) is 1. The summed E-state index contributed by atoms with van der Waals surface area (Å²) in [5.74, 6) is 1.46. The average Bonchev–Trinajstić information content (AvgIpc) is 3.02. The molecule has 1 aromatic heterocycles. The first-order valence-corrected chi connectivity index (χ1v) is 9.32. The van der Waals surface area contributed by atoms with Crippen LogP contribution in [0.3, 0.4) is 0 Å². The Morgan fingerprint density at radius 1 is 1.24 bits per heavy atom. The maximum Gasteiger partial charge on any atom is 0.119 e. The Morgan fingerprint density at radius 3 is 2.57 bits per heavy atom. The molecular formula is C16H21NO2S2. The Labute approximate surface area is 132 Å². The van der Waals surface area contributed by atoms with Crippen LogP contribution < -0.4 is 10.1 Å². The van der Waals surface area contributed by atoms with Crippen molar-refractivity contribution in [3.8, 4) is 5.75 Å². The Morgan fingerprint density at radius 2 is 2.00 bits per heavy atom. The van der Waals surface area contributed by atoms with Crippen molar-refractivity contribution >= 4 is 22.1 Å². The largest absolute Gasteiger partial charge is 0.494 e. The zero-order chi connectivity index (χ0) is 15.1. The van der Waals surface area contributed by atoms with Gasteiger partial charge in [0, 0.05) is 11.8 Å². The lowest BCUT2D eigenvalue weighted by molar-refractivity contribution is 0.340. The molecule has 1 N–H and O–H groups in total. The second-order valence-corrected chi connectivity index (χ2v) is 7.23. The van der Waals surface area contributed by atoms with E-state index >= 15 is 0 Å². The maximum absolute atomic E-state index is 12.4. The van der Waals surface area contributed by atoms with E-state index in [0.717, 1.165) is 22.1 Å². The lowest BCUT2D eigenvalue weighted by Crippen LogP contribution is -2.25. The van der Waals surface area contributed by atoms with Crippen LogP contribution in [0.1, 0.15) is 25.5 Å². The monoisotopic (exact) mass is 323 g/mol. The summed E-state index contributed by atoms with van der Waals surface area (Å²) < 4.78 is 18.8. The molecular weight excluding hydrogens is 302 g/mol. The van der Waals surface area contributed by atoms with Gasteiger partial charge in [0.2, 0.25) is 0 Å². The Kier molecular flexibility index (Phi) is 6.42. The highest BCUT2D eigenvalue weighted by Crippen LogP contribution is 2.22. The van der Waals surface area contributed by atoms with E-state index < -0.39 is 10.8 Å². The summed E-state index contributed by atoms with van der Waals surface area (Å²) in [4.78, 5) is 0. The van der Waals surface area contributed by atoms with E-state index in [1.165, 1.54) is 0 Å². The van der Waals surface area contributed by atoms with E-state index in [9.17, 15) is 4.21 Å². The number of benzene rings is 1. The van der Waals surface area contributed by atoms with Gasteiger partial charge < -0.3 is 10.1 Å². The van der Waals surface area contributed by atoms with Crippen molar-refractivity contribution in [2.75, 3.05) is 18.9 Å². The summed E-state index contributed by atoms with van der Waals surface area (Å²) in [6.45, 7) is 5.55. The summed E-state index contributed by atoms with van der Waals surface area (Å²) in [5.41, 5.74) is 1.14. The third-order valence-electron chi connectivity index (χ3n) is 3.08. The Hall–Kier alpha value is -1.17. The maximum atomic E-state index is 12.4. The number of nitrogens with one attached hydrogen (secondary N) is 1. The number of thiophene rings is 1. The van der Waals surface area contributed by atoms with Crippen LogP contribution in [0.2, 0.25) is 0 Å². The molecule has 5 heteroatoms. The molecule has 0 amide bonds. The highest BCUT2D eigenvalue weighted by atomic mass is 32.2. The summed E-state index contributed by atoms with van der Waals surface area (Å²) in [6.07, 6.45) is 0. The minimum Gasteiger partial charge on any atom is -0.494 e. The molecule has 0 aliphatic carbocycles. The molecule has 1 heterocycles. The van der Waals surface area contributed by atoms with Gasteiger partial charge in [-0.25, -0.2) is 0 Å². The van der Waals surface area contributed by atoms with Gasteiger partial charge in [-0.1, -0.05) is 25.1 Å². The van der Waals surface area contributed by atoms with Gasteiger partial charge in [0.05, 0.1) is 21.6 Å². The predicted molar refractivity (Wildman–Crippen MR) is 89.6 cm³/mol. The van der Waals surface area contributed by atoms with Crippen molar-refractivity contribution in [1.82, 2.24) is 5.32 Å². The molecule has 2 rings (SSSR count). The molecule has 2 atom stereocenters. The van der Waals surface area contributed by atoms with Gasteiger partial charge in [0.15, 0.2) is 0 Å². The van der Waals surface area contributed by atoms with Crippen molar-refractivity contribution in [2.45, 2.75) is 24.1 Å². The summed E-state index contributed by atoms with van der Waals surface area (Å²) >= 11 is 1.55. The van der Waals surface area contributed by atoms with Gasteiger partial charge in [-0.2, -0.15) is 0 Å². The van der Waals surface area contributed by atoms with Crippen LogP contribution in [-0.4, -0.2) is 23.1 Å². The SMILES string of the molecule is CCNC(CS(=O)c1cccs1)c1ccc(OCC)cc1. The van der Waals surface area contributed by atoms with Crippen molar-refractivity contribution in [3.05, 3.63) is 47.3 Å². The number of hydrogen-bond donors (Lipinski definition) is 1. The van der Waals surface area contributed by atoms with E-state index in [1.807, 2.05) is 48.7 Å². The highest BCUT2D eigenvalue weighted by Gasteiger charge is 2.16. The minimum absolute atomic E-state index is 0.0913. The molecule has 2 aromatic rings. The quantitative estimate of drug-likeness (QED) is 0.806. The van der Waals surface area contributed by atoms with E-state index in [0.29, 0.717) is 12.4 Å². The molecule has 0 aliphatic rings. The Bertz CT molecular complexity index is 552. The predicted octanol–water partition coefficient (Wildman–Crippen LogP) is 3.61. The first kappa shape index (κ1) is 16.2. The smallest absolute Gasteiger partial charge is 0.119 e. The van der Waals surface area contributed by atoms with Gasteiger partial charge in [0.1, 0.15) is 5.75 Å². The summed E-state index contributed by atoms with van der Waals surface area (Å²) in [7, 11) is -0.968. The average molecular weight is 323 g/mol. The zero-order valence-corrected chi connectivity index (χ0v) is 14.0. The third kappa shape index (κ3) is 4.66. The fourth-order valence-corrected chi connectivity index (χ4v) is 4.37. The third-order valence-corrected chi connectivity index (χ3v) is 5.81. The fraction of sp³-hybridized carbons (Fsp3) is 0.375. The summed E-state index contributed by atoms with van der Waals surface area (Å²) in [5, 5.41) is 5.38. The second-order valence-electron chi connectivity index (χ2n) is 4.56. The first-order valence-electron chi connectivity index (χ1n) is 7.12. The van der Waals surface area contributed by atoms with E-state index in [-0.39, 0.29) is 6.04 Å². The number of rotatable bonds is 8. The molecule has 1 aromatic carbocycles. The van der Waals surface area contributed by atoms with Gasteiger partial charge in [0.25, 0.3) is 0 Å². The molecule has 3 nitrogen and oxygen atoms in total. The van der Waals surface area contributed by atoms with E-state index in [2.05, 4.69) is 12.2 Å². The molecule has 114 valence electrons. The van der Waals surface area contributed by atoms with Gasteiger partial charge >= 0.3 is 0 Å². The van der Waals surface area contributed by atoms with Crippen LogP contribution in [-0.2, 0) is 10.8 Å². The van der Waals surface area contributed by atoms with Gasteiger partial charge in [-0.3, -0.25) is 4.21 Å². The highest BCUT2D eigenvalue weighted by molar-refractivity contribution is 7.87. The lowest BCUT2D eigenvalue weighted by atomic mass is 10.1. The van der Waals surface area contributed by atoms with E-state index in [4.69, 9.17) is 4.74 Å². The topological polar surface area (TPSA) is 38.3 Å². The second kappa shape index (κ2) is 8.32. The lowest BCUT2D eigenvalue weighted by Gasteiger charge is -2.18. The van der Waals surface area contributed by atoms with Crippen molar-refractivity contribution in [3.63, 3.8) is 0 Å². The fourth-order valence-electron chi connectivity index (χ4n) is 2.11. The standard InChI is InChI=1S/C16H21NO2S2/c1-3-17-15(12-21(18)16-6-5-11-20-16)13-7-9-14(10-8-13)19-4-2/h5-11,15,17H,3-4,12H2,1-2H3. The van der Waals surface area contributed by atoms with Gasteiger partial charge in [-0.05, 0) is 42.6 Å². The molecule has 0 spiro atoms. The minimum atomic E-state index is -0.968. The molecule has 0 bridgehead atoms. The molecule has 0 saturated carbocycles. The van der Waals surface area contributed by atoms with Crippen LogP contribution in [0.25, 0.3) is 0 Å². The van der Waals surface area contributed by atoms with Crippen LogP contribution in [0.15, 0.2) is 46.0 Å². The Balaban J connectivity index is 2.09. The van der Waals surface area contributed by atoms with Crippen LogP contribution >= 0.6 is 11.3 Å². The number of hydrogen-bond acceptors (Lipinski definition) is 4. The van der Waals surface area contributed by atoms with Crippen LogP contribution in [0.4, 0.5) is 0 Å². The first-order chi connectivity index (χ1) is 10.2. The van der Waals surface area contributed by atoms with Crippen molar-refractivity contribution < 1.29 is 8.95 Å². The van der Waals surface area contributed by atoms with E-state index in [1.54, 1.807) is 11.3 Å². The molecule has 0 saturated heterocycles. The van der Waals surface area contributed by atoms with Crippen LogP contribution in [0, 0.1) is 0 Å². The van der Waals surface area contributed by atoms with Crippen molar-refractivity contribution in [1.29, 1.82) is 0 Å². The molecule has 0 aliphatic heterocycles. The molecule has 2 unspecified atom stereocenters. The zero-order valence-electron chi connectivity index (χ0n) is 12.4. The van der Waals surface area contributed by atoms with Gasteiger partial charge in [-0.15, -0.1) is 11.3 Å². The molecule has 0 fully saturated rings. The normalized spacial score (nSPS) is 13.8. The van der Waals surface area contributed by atoms with Crippen molar-refractivity contribution in [2.24, 2.45) is 0 Å². The summed E-state index contributed by atoms with van der Waals surface area (Å²) in [6, 6.07) is 12.0. The molecule has 21 heavy (non-hydrogen) atoms. The van der Waals surface area contributed by atoms with Crippen LogP contribution in [0.5, 0.6) is 5.75 Å². The molecule has 0 radical (unpaired) electrons.